The third kappa shape index (κ3) is 3.59. The van der Waals surface area contributed by atoms with E-state index in [9.17, 15) is 4.79 Å². The quantitative estimate of drug-likeness (QED) is 0.851. The van der Waals surface area contributed by atoms with Crippen LogP contribution in [0.3, 0.4) is 0 Å². The summed E-state index contributed by atoms with van der Waals surface area (Å²) in [7, 11) is 3.91. The molecule has 3 rings (SSSR count). The van der Waals surface area contributed by atoms with Crippen LogP contribution in [-0.4, -0.2) is 54.3 Å². The van der Waals surface area contributed by atoms with E-state index in [1.54, 1.807) is 4.90 Å². The molecule has 1 aliphatic rings. The second-order valence-electron chi connectivity index (χ2n) is 6.36. The van der Waals surface area contributed by atoms with Gasteiger partial charge in [-0.1, -0.05) is 18.2 Å². The summed E-state index contributed by atoms with van der Waals surface area (Å²) in [6, 6.07) is 10.1. The molecule has 0 aliphatic heterocycles. The van der Waals surface area contributed by atoms with Crippen LogP contribution < -0.4 is 10.2 Å². The first-order chi connectivity index (χ1) is 11.6. The van der Waals surface area contributed by atoms with Gasteiger partial charge in [0, 0.05) is 38.6 Å². The highest BCUT2D eigenvalue weighted by molar-refractivity contribution is 5.84. The van der Waals surface area contributed by atoms with E-state index in [0.29, 0.717) is 13.1 Å². The van der Waals surface area contributed by atoms with E-state index < -0.39 is 0 Å². The maximum atomic E-state index is 12.4. The van der Waals surface area contributed by atoms with Crippen molar-refractivity contribution in [3.8, 4) is 0 Å². The van der Waals surface area contributed by atoms with Gasteiger partial charge in [0.05, 0.1) is 12.1 Å². The van der Waals surface area contributed by atoms with Gasteiger partial charge in [0.15, 0.2) is 0 Å². The van der Waals surface area contributed by atoms with Crippen molar-refractivity contribution >= 4 is 22.8 Å². The lowest BCUT2D eigenvalue weighted by atomic mass is 10.1. The number of aliphatic hydroxyl groups is 1. The Kier molecular flexibility index (Phi) is 4.85. The van der Waals surface area contributed by atoms with Gasteiger partial charge in [-0.2, -0.15) is 0 Å². The second kappa shape index (κ2) is 7.05. The van der Waals surface area contributed by atoms with Crippen molar-refractivity contribution in [2.24, 2.45) is 0 Å². The van der Waals surface area contributed by atoms with Gasteiger partial charge >= 0.3 is 6.03 Å². The standard InChI is InChI=1S/C18H24N4O2/c1-21(2)17-11-13(15-5-3-4-6-16(15)20-17)12-19-18(24)22(9-10-23)14-7-8-14/h3-6,11,14,23H,7-10,12H2,1-2H3,(H,19,24). The Morgan fingerprint density at radius 3 is 2.75 bits per heavy atom. The summed E-state index contributed by atoms with van der Waals surface area (Å²) < 4.78 is 0. The second-order valence-corrected chi connectivity index (χ2v) is 6.36. The predicted molar refractivity (Wildman–Crippen MR) is 95.1 cm³/mol. The Bertz CT molecular complexity index is 728. The van der Waals surface area contributed by atoms with Crippen LogP contribution >= 0.6 is 0 Å². The Hall–Kier alpha value is -2.34. The number of rotatable bonds is 6. The van der Waals surface area contributed by atoms with E-state index in [-0.39, 0.29) is 18.7 Å². The SMILES string of the molecule is CN(C)c1cc(CNC(=O)N(CCO)C2CC2)c2ccccc2n1. The summed E-state index contributed by atoms with van der Waals surface area (Å²) in [6.45, 7) is 0.820. The molecule has 1 aliphatic carbocycles. The van der Waals surface area contributed by atoms with Crippen molar-refractivity contribution in [2.75, 3.05) is 32.1 Å². The van der Waals surface area contributed by atoms with Crippen LogP contribution in [0.15, 0.2) is 30.3 Å². The van der Waals surface area contributed by atoms with E-state index in [4.69, 9.17) is 5.11 Å². The van der Waals surface area contributed by atoms with Crippen LogP contribution in [0.4, 0.5) is 10.6 Å². The minimum Gasteiger partial charge on any atom is -0.395 e. The maximum Gasteiger partial charge on any atom is 0.317 e. The molecule has 1 aromatic heterocycles. The molecule has 0 atom stereocenters. The summed E-state index contributed by atoms with van der Waals surface area (Å²) in [4.78, 5) is 20.7. The number of aromatic nitrogens is 1. The molecule has 0 spiro atoms. The van der Waals surface area contributed by atoms with E-state index in [0.717, 1.165) is 35.1 Å². The van der Waals surface area contributed by atoms with Gasteiger partial charge in [-0.25, -0.2) is 9.78 Å². The third-order valence-electron chi connectivity index (χ3n) is 4.27. The molecule has 2 N–H and O–H groups in total. The molecule has 2 aromatic rings. The summed E-state index contributed by atoms with van der Waals surface area (Å²) >= 11 is 0. The van der Waals surface area contributed by atoms with Gasteiger partial charge < -0.3 is 20.2 Å². The fraction of sp³-hybridized carbons (Fsp3) is 0.444. The van der Waals surface area contributed by atoms with Crippen LogP contribution in [0, 0.1) is 0 Å². The monoisotopic (exact) mass is 328 g/mol. The van der Waals surface area contributed by atoms with Gasteiger partial charge in [-0.15, -0.1) is 0 Å². The highest BCUT2D eigenvalue weighted by atomic mass is 16.3. The van der Waals surface area contributed by atoms with Crippen LogP contribution in [0.5, 0.6) is 0 Å². The van der Waals surface area contributed by atoms with Gasteiger partial charge in [0.2, 0.25) is 0 Å². The smallest absolute Gasteiger partial charge is 0.317 e. The number of urea groups is 1. The first-order valence-corrected chi connectivity index (χ1v) is 8.31. The minimum absolute atomic E-state index is 0.00706. The molecule has 1 aromatic carbocycles. The summed E-state index contributed by atoms with van der Waals surface area (Å²) in [6.07, 6.45) is 2.05. The molecule has 1 heterocycles. The molecule has 1 saturated carbocycles. The molecule has 0 radical (unpaired) electrons. The van der Waals surface area contributed by atoms with Gasteiger partial charge in [0.25, 0.3) is 0 Å². The summed E-state index contributed by atoms with van der Waals surface area (Å²) in [5.41, 5.74) is 1.96. The lowest BCUT2D eigenvalue weighted by Crippen LogP contribution is -2.42. The topological polar surface area (TPSA) is 68.7 Å². The Balaban J connectivity index is 1.80. The number of nitrogens with zero attached hydrogens (tertiary/aromatic N) is 3. The van der Waals surface area contributed by atoms with Crippen molar-refractivity contribution in [3.63, 3.8) is 0 Å². The fourth-order valence-electron chi connectivity index (χ4n) is 2.82. The number of amides is 2. The first kappa shape index (κ1) is 16.5. The van der Waals surface area contributed by atoms with Crippen molar-refractivity contribution < 1.29 is 9.90 Å². The number of aliphatic hydroxyl groups excluding tert-OH is 1. The van der Waals surface area contributed by atoms with Gasteiger partial charge in [0.1, 0.15) is 5.82 Å². The average Bonchev–Trinajstić information content (AvgIpc) is 3.41. The zero-order valence-corrected chi connectivity index (χ0v) is 14.2. The third-order valence-corrected chi connectivity index (χ3v) is 4.27. The number of para-hydroxylation sites is 1. The largest absolute Gasteiger partial charge is 0.395 e. The molecule has 24 heavy (non-hydrogen) atoms. The molecule has 0 bridgehead atoms. The molecule has 128 valence electrons. The van der Waals surface area contributed by atoms with E-state index in [1.165, 1.54) is 0 Å². The molecule has 6 nitrogen and oxygen atoms in total. The summed E-state index contributed by atoms with van der Waals surface area (Å²) in [5, 5.41) is 13.2. The van der Waals surface area contributed by atoms with E-state index >= 15 is 0 Å². The predicted octanol–water partition coefficient (Wildman–Crippen LogP) is 1.97. The molecule has 1 fully saturated rings. The summed E-state index contributed by atoms with van der Waals surface area (Å²) in [5.74, 6) is 0.868. The Morgan fingerprint density at radius 2 is 2.08 bits per heavy atom. The number of hydrogen-bond acceptors (Lipinski definition) is 4. The lowest BCUT2D eigenvalue weighted by molar-refractivity contribution is 0.173. The molecule has 6 heteroatoms. The number of hydrogen-bond donors (Lipinski definition) is 2. The minimum atomic E-state index is -0.112. The number of nitrogens with one attached hydrogen (secondary N) is 1. The van der Waals surface area contributed by atoms with Crippen LogP contribution in [0.25, 0.3) is 10.9 Å². The van der Waals surface area contributed by atoms with Crippen LogP contribution in [0.1, 0.15) is 18.4 Å². The zero-order chi connectivity index (χ0) is 17.1. The molecular weight excluding hydrogens is 304 g/mol. The number of anilines is 1. The highest BCUT2D eigenvalue weighted by Crippen LogP contribution is 2.27. The van der Waals surface area contributed by atoms with Crippen molar-refractivity contribution in [1.82, 2.24) is 15.2 Å². The zero-order valence-electron chi connectivity index (χ0n) is 14.2. The number of carbonyl (C=O) groups excluding carboxylic acids is 1. The lowest BCUT2D eigenvalue weighted by Gasteiger charge is -2.22. The number of benzene rings is 1. The van der Waals surface area contributed by atoms with Crippen molar-refractivity contribution in [1.29, 1.82) is 0 Å². The van der Waals surface area contributed by atoms with Crippen LogP contribution in [0.2, 0.25) is 0 Å². The molecule has 0 unspecified atom stereocenters. The van der Waals surface area contributed by atoms with E-state index in [1.807, 2.05) is 49.3 Å². The molecular formula is C18H24N4O2. The Labute approximate surface area is 142 Å². The highest BCUT2D eigenvalue weighted by Gasteiger charge is 2.32. The van der Waals surface area contributed by atoms with Gasteiger partial charge in [-0.3, -0.25) is 0 Å². The first-order valence-electron chi connectivity index (χ1n) is 8.31. The van der Waals surface area contributed by atoms with Crippen LogP contribution in [-0.2, 0) is 6.54 Å². The maximum absolute atomic E-state index is 12.4. The van der Waals surface area contributed by atoms with Crippen molar-refractivity contribution in [3.05, 3.63) is 35.9 Å². The molecule has 2 amide bonds. The Morgan fingerprint density at radius 1 is 1.33 bits per heavy atom. The average molecular weight is 328 g/mol. The number of pyridine rings is 1. The van der Waals surface area contributed by atoms with Crippen molar-refractivity contribution in [2.45, 2.75) is 25.4 Å². The number of carbonyl (C=O) groups is 1. The number of fused-ring (bicyclic) bond motifs is 1. The van der Waals surface area contributed by atoms with Gasteiger partial charge in [-0.05, 0) is 30.5 Å². The molecule has 0 saturated heterocycles. The van der Waals surface area contributed by atoms with E-state index in [2.05, 4.69) is 10.3 Å². The fourth-order valence-corrected chi connectivity index (χ4v) is 2.82. The normalized spacial score (nSPS) is 13.8.